The average molecular weight is 500 g/mol. The third-order valence-corrected chi connectivity index (χ3v) is 6.14. The molecule has 2 N–H and O–H groups in total. The molecule has 0 bridgehead atoms. The number of aromatic nitrogens is 6. The number of aliphatic carboxylic acids is 1. The van der Waals surface area contributed by atoms with Gasteiger partial charge in [0.15, 0.2) is 0 Å². The van der Waals surface area contributed by atoms with Gasteiger partial charge in [-0.05, 0) is 63.7 Å². The summed E-state index contributed by atoms with van der Waals surface area (Å²) in [5.74, 6) is 0.423. The maximum Gasteiger partial charge on any atom is 0.306 e. The molecule has 0 spiro atoms. The van der Waals surface area contributed by atoms with Crippen LogP contribution in [0.15, 0.2) is 16.7 Å². The number of anilines is 1. The number of aryl methyl sites for hydroxylation is 2. The minimum Gasteiger partial charge on any atom is -0.489 e. The van der Waals surface area contributed by atoms with Crippen molar-refractivity contribution in [2.75, 3.05) is 11.9 Å². The average Bonchev–Trinajstić information content (AvgIpc) is 3.45. The van der Waals surface area contributed by atoms with Crippen LogP contribution in [0.2, 0.25) is 0 Å². The second-order valence-electron chi connectivity index (χ2n) is 9.26. The van der Waals surface area contributed by atoms with E-state index in [0.717, 1.165) is 18.5 Å². The summed E-state index contributed by atoms with van der Waals surface area (Å²) in [7, 11) is 1.81. The zero-order chi connectivity index (χ0) is 25.7. The van der Waals surface area contributed by atoms with E-state index in [0.29, 0.717) is 67.1 Å². The molecular weight excluding hydrogens is 466 g/mol. The molecule has 3 aromatic rings. The van der Waals surface area contributed by atoms with E-state index < -0.39 is 5.97 Å². The Labute approximate surface area is 209 Å². The molecule has 4 rings (SSSR count). The number of hydrogen-bond donors (Lipinski definition) is 2. The molecule has 36 heavy (non-hydrogen) atoms. The fourth-order valence-electron chi connectivity index (χ4n) is 4.21. The third kappa shape index (κ3) is 6.36. The second kappa shape index (κ2) is 11.5. The lowest BCUT2D eigenvalue weighted by Crippen LogP contribution is -2.29. The smallest absolute Gasteiger partial charge is 0.306 e. The Bertz CT molecular complexity index is 1180. The van der Waals surface area contributed by atoms with Gasteiger partial charge in [-0.1, -0.05) is 5.21 Å². The van der Waals surface area contributed by atoms with Crippen LogP contribution in [0.5, 0.6) is 5.75 Å². The summed E-state index contributed by atoms with van der Waals surface area (Å²) in [6.45, 7) is 6.71. The lowest BCUT2D eigenvalue weighted by molar-refractivity contribution is -0.143. The normalized spacial score (nSPS) is 17.9. The Kier molecular flexibility index (Phi) is 8.14. The molecule has 0 aliphatic heterocycles. The third-order valence-electron chi connectivity index (χ3n) is 6.14. The van der Waals surface area contributed by atoms with Gasteiger partial charge < -0.3 is 24.4 Å². The standard InChI is InChI=1S/C24H33N7O5/c1-14(2)34-11-10-21-27-24(29-36-21)25-13-19-22(28-30-31(19)4)18-8-9-20(15(3)26-18)35-17-7-5-6-16(12-17)23(32)33/h8-9,14,16-17H,5-7,10-13H2,1-4H3,(H,25,29)(H,32,33)/t16-,17-/m0/s1. The van der Waals surface area contributed by atoms with Crippen LogP contribution in [0.4, 0.5) is 5.95 Å². The Balaban J connectivity index is 1.40. The Morgan fingerprint density at radius 2 is 2.14 bits per heavy atom. The fraction of sp³-hybridized carbons (Fsp3) is 0.583. The molecule has 3 aromatic heterocycles. The van der Waals surface area contributed by atoms with Crippen LogP contribution in [-0.4, -0.2) is 60.0 Å². The van der Waals surface area contributed by atoms with E-state index >= 15 is 0 Å². The van der Waals surface area contributed by atoms with Crippen molar-refractivity contribution in [3.05, 3.63) is 29.4 Å². The summed E-state index contributed by atoms with van der Waals surface area (Å²) in [6, 6.07) is 3.70. The molecule has 0 unspecified atom stereocenters. The number of nitrogens with one attached hydrogen (secondary N) is 1. The van der Waals surface area contributed by atoms with E-state index in [1.807, 2.05) is 40.0 Å². The van der Waals surface area contributed by atoms with Crippen molar-refractivity contribution in [1.29, 1.82) is 0 Å². The number of carboxylic acid groups (broad SMARTS) is 1. The SMILES string of the molecule is Cc1nc(-c2nnn(C)c2CNc2noc(CCOC(C)C)n2)ccc1O[C@H]1CCC[C@H](C(=O)O)C1. The molecule has 1 saturated carbocycles. The largest absolute Gasteiger partial charge is 0.489 e. The first-order chi connectivity index (χ1) is 17.3. The first kappa shape index (κ1) is 25.5. The first-order valence-electron chi connectivity index (χ1n) is 12.2. The lowest BCUT2D eigenvalue weighted by atomic mass is 9.87. The van der Waals surface area contributed by atoms with Crippen LogP contribution < -0.4 is 10.1 Å². The van der Waals surface area contributed by atoms with Crippen molar-refractivity contribution in [1.82, 2.24) is 30.1 Å². The van der Waals surface area contributed by atoms with Crippen LogP contribution >= 0.6 is 0 Å². The number of rotatable bonds is 11. The van der Waals surface area contributed by atoms with Crippen LogP contribution in [0, 0.1) is 12.8 Å². The minimum atomic E-state index is -0.755. The Hall–Kier alpha value is -3.54. The van der Waals surface area contributed by atoms with Crippen molar-refractivity contribution < 1.29 is 23.9 Å². The topological polar surface area (TPSA) is 150 Å². The quantitative estimate of drug-likeness (QED) is 0.400. The number of hydrogen-bond acceptors (Lipinski definition) is 10. The van der Waals surface area contributed by atoms with Crippen molar-refractivity contribution in [2.45, 2.75) is 71.6 Å². The zero-order valence-electron chi connectivity index (χ0n) is 21.1. The maximum absolute atomic E-state index is 11.4. The van der Waals surface area contributed by atoms with Gasteiger partial charge in [0.05, 0.1) is 54.8 Å². The van der Waals surface area contributed by atoms with Gasteiger partial charge in [0.25, 0.3) is 5.95 Å². The Morgan fingerprint density at radius 3 is 2.89 bits per heavy atom. The van der Waals surface area contributed by atoms with Gasteiger partial charge in [-0.15, -0.1) is 5.10 Å². The Morgan fingerprint density at radius 1 is 1.31 bits per heavy atom. The van der Waals surface area contributed by atoms with Crippen LogP contribution in [0.3, 0.4) is 0 Å². The van der Waals surface area contributed by atoms with Gasteiger partial charge in [-0.2, -0.15) is 4.98 Å². The fourth-order valence-corrected chi connectivity index (χ4v) is 4.21. The van der Waals surface area contributed by atoms with Gasteiger partial charge >= 0.3 is 5.97 Å². The van der Waals surface area contributed by atoms with Crippen molar-refractivity contribution >= 4 is 11.9 Å². The first-order valence-corrected chi connectivity index (χ1v) is 12.2. The predicted octanol–water partition coefficient (Wildman–Crippen LogP) is 3.17. The molecule has 1 fully saturated rings. The number of nitrogens with zero attached hydrogens (tertiary/aromatic N) is 6. The molecule has 1 aliphatic carbocycles. The number of carbonyl (C=O) groups is 1. The summed E-state index contributed by atoms with van der Waals surface area (Å²) in [4.78, 5) is 20.4. The summed E-state index contributed by atoms with van der Waals surface area (Å²) >= 11 is 0. The second-order valence-corrected chi connectivity index (χ2v) is 9.26. The van der Waals surface area contributed by atoms with E-state index in [4.69, 9.17) is 19.0 Å². The highest BCUT2D eigenvalue weighted by Crippen LogP contribution is 2.30. The van der Waals surface area contributed by atoms with Crippen molar-refractivity contribution in [3.8, 4) is 17.1 Å². The van der Waals surface area contributed by atoms with E-state index in [9.17, 15) is 9.90 Å². The molecule has 194 valence electrons. The van der Waals surface area contributed by atoms with Crippen molar-refractivity contribution in [3.63, 3.8) is 0 Å². The van der Waals surface area contributed by atoms with Crippen LogP contribution in [0.25, 0.3) is 11.4 Å². The molecule has 0 aromatic carbocycles. The summed E-state index contributed by atoms with van der Waals surface area (Å²) < 4.78 is 18.6. The molecule has 1 aliphatic rings. The summed E-state index contributed by atoms with van der Waals surface area (Å²) in [6.07, 6.45) is 3.46. The molecule has 3 heterocycles. The van der Waals surface area contributed by atoms with Gasteiger partial charge in [0.2, 0.25) is 5.89 Å². The van der Waals surface area contributed by atoms with Gasteiger partial charge in [0.1, 0.15) is 11.4 Å². The van der Waals surface area contributed by atoms with Gasteiger partial charge in [-0.3, -0.25) is 4.79 Å². The zero-order valence-corrected chi connectivity index (χ0v) is 21.1. The van der Waals surface area contributed by atoms with Crippen molar-refractivity contribution in [2.24, 2.45) is 13.0 Å². The lowest BCUT2D eigenvalue weighted by Gasteiger charge is -2.27. The monoisotopic (exact) mass is 499 g/mol. The van der Waals surface area contributed by atoms with Gasteiger partial charge in [-0.25, -0.2) is 9.67 Å². The number of ether oxygens (including phenoxy) is 2. The molecule has 0 amide bonds. The van der Waals surface area contributed by atoms with E-state index in [1.165, 1.54) is 0 Å². The molecular formula is C24H33N7O5. The molecule has 0 saturated heterocycles. The van der Waals surface area contributed by atoms with E-state index in [1.54, 1.807) is 4.68 Å². The highest BCUT2D eigenvalue weighted by Gasteiger charge is 2.28. The molecule has 12 heteroatoms. The van der Waals surface area contributed by atoms with E-state index in [-0.39, 0.29) is 18.1 Å². The van der Waals surface area contributed by atoms with Gasteiger partial charge in [0, 0.05) is 7.05 Å². The molecule has 12 nitrogen and oxygen atoms in total. The molecule has 0 radical (unpaired) electrons. The molecule has 2 atom stereocenters. The summed E-state index contributed by atoms with van der Waals surface area (Å²) in [5.41, 5.74) is 2.82. The number of pyridine rings is 1. The van der Waals surface area contributed by atoms with E-state index in [2.05, 4.69) is 25.8 Å². The minimum absolute atomic E-state index is 0.126. The highest BCUT2D eigenvalue weighted by molar-refractivity contribution is 5.70. The number of carboxylic acids is 1. The summed E-state index contributed by atoms with van der Waals surface area (Å²) in [5, 5.41) is 24.9. The van der Waals surface area contributed by atoms with Crippen LogP contribution in [-0.2, 0) is 29.5 Å². The van der Waals surface area contributed by atoms with Crippen LogP contribution in [0.1, 0.15) is 56.8 Å². The maximum atomic E-state index is 11.4. The highest BCUT2D eigenvalue weighted by atomic mass is 16.5. The predicted molar refractivity (Wildman–Crippen MR) is 129 cm³/mol.